The molecule has 0 saturated heterocycles. The van der Waals surface area contributed by atoms with Crippen molar-refractivity contribution in [1.82, 2.24) is 0 Å². The van der Waals surface area contributed by atoms with Gasteiger partial charge in [0.25, 0.3) is 11.8 Å². The van der Waals surface area contributed by atoms with Gasteiger partial charge in [-0.2, -0.15) is 0 Å². The molecule has 2 amide bonds. The van der Waals surface area contributed by atoms with Crippen molar-refractivity contribution in [3.63, 3.8) is 0 Å². The Morgan fingerprint density at radius 1 is 0.643 bits per heavy atom. The fraction of sp³-hybridized carbons (Fsp3) is 0.0909. The fourth-order valence-electron chi connectivity index (χ4n) is 2.82. The molecule has 3 aromatic carbocycles. The molecule has 1 aliphatic heterocycles. The first-order chi connectivity index (χ1) is 13.7. The molecule has 6 heteroatoms. The second kappa shape index (κ2) is 7.84. The Labute approximate surface area is 162 Å². The van der Waals surface area contributed by atoms with Crippen molar-refractivity contribution in [3.05, 3.63) is 83.9 Å². The van der Waals surface area contributed by atoms with Gasteiger partial charge in [0.1, 0.15) is 13.2 Å². The van der Waals surface area contributed by atoms with Crippen molar-refractivity contribution in [3.8, 4) is 11.5 Å². The minimum atomic E-state index is -0.252. The second-order valence-electron chi connectivity index (χ2n) is 6.21. The van der Waals surface area contributed by atoms with E-state index >= 15 is 0 Å². The second-order valence-corrected chi connectivity index (χ2v) is 6.21. The number of nitrogens with one attached hydrogen (secondary N) is 2. The molecule has 1 aliphatic rings. The zero-order chi connectivity index (χ0) is 19.3. The predicted molar refractivity (Wildman–Crippen MR) is 106 cm³/mol. The first kappa shape index (κ1) is 17.6. The van der Waals surface area contributed by atoms with E-state index in [1.807, 2.05) is 18.2 Å². The van der Waals surface area contributed by atoms with Crippen LogP contribution in [0.4, 0.5) is 11.4 Å². The Morgan fingerprint density at radius 2 is 1.21 bits per heavy atom. The Morgan fingerprint density at radius 3 is 1.86 bits per heavy atom. The van der Waals surface area contributed by atoms with Gasteiger partial charge in [0.15, 0.2) is 11.5 Å². The summed E-state index contributed by atoms with van der Waals surface area (Å²) in [5.41, 5.74) is 2.33. The van der Waals surface area contributed by atoms with E-state index in [1.54, 1.807) is 54.6 Å². The van der Waals surface area contributed by atoms with Crippen molar-refractivity contribution < 1.29 is 19.1 Å². The molecule has 1 heterocycles. The summed E-state index contributed by atoms with van der Waals surface area (Å²) in [5, 5.41) is 5.65. The summed E-state index contributed by atoms with van der Waals surface area (Å²) < 4.78 is 11.0. The van der Waals surface area contributed by atoms with Crippen LogP contribution < -0.4 is 20.1 Å². The van der Waals surface area contributed by atoms with E-state index in [0.29, 0.717) is 47.2 Å². The van der Waals surface area contributed by atoms with Crippen LogP contribution in [0, 0.1) is 0 Å². The van der Waals surface area contributed by atoms with Gasteiger partial charge in [-0.1, -0.05) is 18.2 Å². The summed E-state index contributed by atoms with van der Waals surface area (Å²) in [5.74, 6) is 0.769. The maximum Gasteiger partial charge on any atom is 0.255 e. The molecule has 3 aromatic rings. The summed E-state index contributed by atoms with van der Waals surface area (Å²) in [7, 11) is 0. The number of hydrogen-bond donors (Lipinski definition) is 2. The number of ether oxygens (including phenoxy) is 2. The van der Waals surface area contributed by atoms with Crippen molar-refractivity contribution in [2.75, 3.05) is 23.8 Å². The third-order valence-corrected chi connectivity index (χ3v) is 4.24. The van der Waals surface area contributed by atoms with Gasteiger partial charge in [-0.05, 0) is 54.6 Å². The minimum Gasteiger partial charge on any atom is -0.486 e. The molecular weight excluding hydrogens is 356 g/mol. The number of anilines is 2. The molecule has 0 saturated carbocycles. The molecule has 0 spiro atoms. The summed E-state index contributed by atoms with van der Waals surface area (Å²) in [6, 6.07) is 21.0. The third-order valence-electron chi connectivity index (χ3n) is 4.24. The average molecular weight is 374 g/mol. The highest BCUT2D eigenvalue weighted by Crippen LogP contribution is 2.31. The maximum atomic E-state index is 12.5. The van der Waals surface area contributed by atoms with E-state index < -0.39 is 0 Å². The molecule has 0 aromatic heterocycles. The highest BCUT2D eigenvalue weighted by atomic mass is 16.6. The maximum absolute atomic E-state index is 12.5. The van der Waals surface area contributed by atoms with Crippen LogP contribution in [0.15, 0.2) is 72.8 Å². The van der Waals surface area contributed by atoms with Crippen LogP contribution >= 0.6 is 0 Å². The molecule has 0 bridgehead atoms. The number of fused-ring (bicyclic) bond motifs is 1. The molecular formula is C22H18N2O4. The van der Waals surface area contributed by atoms with Gasteiger partial charge in [0.2, 0.25) is 0 Å². The molecule has 0 radical (unpaired) electrons. The highest BCUT2D eigenvalue weighted by molar-refractivity contribution is 6.06. The highest BCUT2D eigenvalue weighted by Gasteiger charge is 2.15. The number of benzene rings is 3. The largest absolute Gasteiger partial charge is 0.486 e. The van der Waals surface area contributed by atoms with E-state index in [9.17, 15) is 9.59 Å². The quantitative estimate of drug-likeness (QED) is 0.725. The van der Waals surface area contributed by atoms with Crippen LogP contribution in [0.25, 0.3) is 0 Å². The molecule has 28 heavy (non-hydrogen) atoms. The zero-order valence-electron chi connectivity index (χ0n) is 15.0. The third kappa shape index (κ3) is 3.96. The lowest BCUT2D eigenvalue weighted by Crippen LogP contribution is -2.17. The lowest BCUT2D eigenvalue weighted by atomic mass is 10.1. The zero-order valence-corrected chi connectivity index (χ0v) is 15.0. The van der Waals surface area contributed by atoms with Crippen LogP contribution in [0.5, 0.6) is 11.5 Å². The molecule has 0 fully saturated rings. The molecule has 0 unspecified atom stereocenters. The monoisotopic (exact) mass is 374 g/mol. The Balaban J connectivity index is 1.40. The number of hydrogen-bond acceptors (Lipinski definition) is 4. The number of rotatable bonds is 4. The molecule has 0 atom stereocenters. The van der Waals surface area contributed by atoms with Gasteiger partial charge in [0, 0.05) is 22.5 Å². The standard InChI is InChI=1S/C22H18N2O4/c25-21(15-4-2-1-3-5-15)23-17-7-9-18(10-8-17)24-22(26)16-6-11-19-20(14-16)28-13-12-27-19/h1-11,14H,12-13H2,(H,23,25)(H,24,26). The first-order valence-electron chi connectivity index (χ1n) is 8.86. The van der Waals surface area contributed by atoms with Crippen LogP contribution in [0.1, 0.15) is 20.7 Å². The summed E-state index contributed by atoms with van der Waals surface area (Å²) in [4.78, 5) is 24.6. The van der Waals surface area contributed by atoms with Gasteiger partial charge in [-0.25, -0.2) is 0 Å². The average Bonchev–Trinajstić information content (AvgIpc) is 2.75. The molecule has 4 rings (SSSR count). The number of amides is 2. The molecule has 0 aliphatic carbocycles. The van der Waals surface area contributed by atoms with Gasteiger partial charge in [0.05, 0.1) is 0 Å². The van der Waals surface area contributed by atoms with Crippen molar-refractivity contribution in [1.29, 1.82) is 0 Å². The van der Waals surface area contributed by atoms with Crippen molar-refractivity contribution >= 4 is 23.2 Å². The number of carbonyl (C=O) groups excluding carboxylic acids is 2. The Hall–Kier alpha value is -3.80. The fourth-order valence-corrected chi connectivity index (χ4v) is 2.82. The van der Waals surface area contributed by atoms with Gasteiger partial charge < -0.3 is 20.1 Å². The van der Waals surface area contributed by atoms with Gasteiger partial charge >= 0.3 is 0 Å². The molecule has 2 N–H and O–H groups in total. The lowest BCUT2D eigenvalue weighted by molar-refractivity contribution is 0.101. The normalized spacial score (nSPS) is 12.1. The van der Waals surface area contributed by atoms with Crippen LogP contribution in [-0.4, -0.2) is 25.0 Å². The molecule has 140 valence electrons. The Kier molecular flexibility index (Phi) is 4.93. The van der Waals surface area contributed by atoms with Crippen molar-refractivity contribution in [2.45, 2.75) is 0 Å². The van der Waals surface area contributed by atoms with Gasteiger partial charge in [-0.15, -0.1) is 0 Å². The lowest BCUT2D eigenvalue weighted by Gasteiger charge is -2.18. The van der Waals surface area contributed by atoms with E-state index in [0.717, 1.165) is 0 Å². The Bertz CT molecular complexity index is 1000. The predicted octanol–water partition coefficient (Wildman–Crippen LogP) is 3.96. The van der Waals surface area contributed by atoms with E-state index in [2.05, 4.69) is 10.6 Å². The first-order valence-corrected chi connectivity index (χ1v) is 8.86. The van der Waals surface area contributed by atoms with Crippen LogP contribution in [0.3, 0.4) is 0 Å². The number of carbonyl (C=O) groups is 2. The summed E-state index contributed by atoms with van der Waals surface area (Å²) >= 11 is 0. The van der Waals surface area contributed by atoms with E-state index in [1.165, 1.54) is 0 Å². The minimum absolute atomic E-state index is 0.186. The summed E-state index contributed by atoms with van der Waals surface area (Å²) in [6.45, 7) is 0.972. The van der Waals surface area contributed by atoms with Gasteiger partial charge in [-0.3, -0.25) is 9.59 Å². The van der Waals surface area contributed by atoms with E-state index in [-0.39, 0.29) is 11.8 Å². The smallest absolute Gasteiger partial charge is 0.255 e. The van der Waals surface area contributed by atoms with Crippen LogP contribution in [-0.2, 0) is 0 Å². The molecule has 6 nitrogen and oxygen atoms in total. The van der Waals surface area contributed by atoms with E-state index in [4.69, 9.17) is 9.47 Å². The summed E-state index contributed by atoms with van der Waals surface area (Å²) in [6.07, 6.45) is 0. The van der Waals surface area contributed by atoms with Crippen molar-refractivity contribution in [2.24, 2.45) is 0 Å². The SMILES string of the molecule is O=C(Nc1ccc(NC(=O)c2ccc3c(c2)OCCO3)cc1)c1ccccc1. The van der Waals surface area contributed by atoms with Crippen LogP contribution in [0.2, 0.25) is 0 Å². The topological polar surface area (TPSA) is 76.7 Å².